The molecule has 1 aromatic carbocycles. The lowest BCUT2D eigenvalue weighted by atomic mass is 9.92. The van der Waals surface area contributed by atoms with E-state index in [9.17, 15) is 8.78 Å². The van der Waals surface area contributed by atoms with Gasteiger partial charge in [0, 0.05) is 30.7 Å². The molecule has 110 valence electrons. The SMILES string of the molecule is CC1CNC2(CCCC2)CN1c1cc(Br)c(F)cc1F. The number of rotatable bonds is 1. The van der Waals surface area contributed by atoms with E-state index in [4.69, 9.17) is 0 Å². The smallest absolute Gasteiger partial charge is 0.149 e. The molecule has 2 nitrogen and oxygen atoms in total. The molecule has 1 heterocycles. The molecular weight excluding hydrogens is 326 g/mol. The van der Waals surface area contributed by atoms with Gasteiger partial charge in [0.25, 0.3) is 0 Å². The minimum Gasteiger partial charge on any atom is -0.363 e. The molecule has 1 aliphatic carbocycles. The first-order valence-electron chi connectivity index (χ1n) is 7.17. The number of anilines is 1. The fraction of sp³-hybridized carbons (Fsp3) is 0.600. The highest BCUT2D eigenvalue weighted by Crippen LogP contribution is 2.36. The van der Waals surface area contributed by atoms with E-state index in [1.807, 2.05) is 0 Å². The normalized spacial score (nSPS) is 25.4. The fourth-order valence-corrected chi connectivity index (χ4v) is 3.78. The molecule has 5 heteroatoms. The van der Waals surface area contributed by atoms with Crippen LogP contribution in [0.25, 0.3) is 0 Å². The third kappa shape index (κ3) is 2.46. The van der Waals surface area contributed by atoms with Crippen molar-refractivity contribution in [2.45, 2.75) is 44.2 Å². The third-order valence-corrected chi connectivity index (χ3v) is 5.25. The molecule has 3 rings (SSSR count). The van der Waals surface area contributed by atoms with Crippen molar-refractivity contribution in [2.24, 2.45) is 0 Å². The Hall–Kier alpha value is -0.680. The zero-order valence-corrected chi connectivity index (χ0v) is 13.1. The Kier molecular flexibility index (Phi) is 3.75. The molecule has 1 saturated carbocycles. The molecule has 1 N–H and O–H groups in total. The van der Waals surface area contributed by atoms with E-state index in [1.54, 1.807) is 6.07 Å². The van der Waals surface area contributed by atoms with E-state index < -0.39 is 11.6 Å². The van der Waals surface area contributed by atoms with E-state index in [-0.39, 0.29) is 11.6 Å². The summed E-state index contributed by atoms with van der Waals surface area (Å²) in [4.78, 5) is 2.08. The summed E-state index contributed by atoms with van der Waals surface area (Å²) >= 11 is 3.16. The van der Waals surface area contributed by atoms with Crippen molar-refractivity contribution in [3.63, 3.8) is 0 Å². The van der Waals surface area contributed by atoms with E-state index in [1.165, 1.54) is 12.8 Å². The Morgan fingerprint density at radius 2 is 1.95 bits per heavy atom. The topological polar surface area (TPSA) is 15.3 Å². The third-order valence-electron chi connectivity index (χ3n) is 4.64. The van der Waals surface area contributed by atoms with Gasteiger partial charge in [-0.1, -0.05) is 12.8 Å². The molecule has 0 radical (unpaired) electrons. The lowest BCUT2D eigenvalue weighted by Crippen LogP contribution is -2.62. The van der Waals surface area contributed by atoms with Crippen LogP contribution in [0.1, 0.15) is 32.6 Å². The van der Waals surface area contributed by atoms with Crippen molar-refractivity contribution in [2.75, 3.05) is 18.0 Å². The van der Waals surface area contributed by atoms with Gasteiger partial charge in [0.15, 0.2) is 0 Å². The molecule has 2 fully saturated rings. The first-order valence-corrected chi connectivity index (χ1v) is 7.96. The number of benzene rings is 1. The Labute approximate surface area is 126 Å². The summed E-state index contributed by atoms with van der Waals surface area (Å²) in [5, 5.41) is 3.64. The molecule has 0 amide bonds. The molecule has 2 aliphatic rings. The van der Waals surface area contributed by atoms with Crippen LogP contribution in [0.3, 0.4) is 0 Å². The lowest BCUT2D eigenvalue weighted by molar-refractivity contribution is 0.275. The number of piperazine rings is 1. The molecule has 1 saturated heterocycles. The van der Waals surface area contributed by atoms with Gasteiger partial charge in [0.1, 0.15) is 11.6 Å². The summed E-state index contributed by atoms with van der Waals surface area (Å²) in [5.41, 5.74) is 0.610. The van der Waals surface area contributed by atoms with Gasteiger partial charge in [-0.05, 0) is 41.8 Å². The van der Waals surface area contributed by atoms with Crippen LogP contribution in [-0.4, -0.2) is 24.7 Å². The van der Waals surface area contributed by atoms with Crippen LogP contribution in [0.4, 0.5) is 14.5 Å². The Balaban J connectivity index is 1.93. The summed E-state index contributed by atoms with van der Waals surface area (Å²) in [7, 11) is 0. The molecule has 1 aromatic rings. The average Bonchev–Trinajstić information content (AvgIpc) is 2.86. The highest BCUT2D eigenvalue weighted by Gasteiger charge is 2.40. The predicted octanol–water partition coefficient (Wildman–Crippen LogP) is 3.84. The van der Waals surface area contributed by atoms with Crippen molar-refractivity contribution in [3.8, 4) is 0 Å². The number of hydrogen-bond acceptors (Lipinski definition) is 2. The number of hydrogen-bond donors (Lipinski definition) is 1. The van der Waals surface area contributed by atoms with E-state index in [0.717, 1.165) is 32.0 Å². The fourth-order valence-electron chi connectivity index (χ4n) is 3.45. The zero-order valence-electron chi connectivity index (χ0n) is 11.6. The van der Waals surface area contributed by atoms with E-state index in [0.29, 0.717) is 10.2 Å². The summed E-state index contributed by atoms with van der Waals surface area (Å²) in [6.07, 6.45) is 4.73. The van der Waals surface area contributed by atoms with Crippen molar-refractivity contribution in [3.05, 3.63) is 28.2 Å². The standard InChI is InChI=1S/C15H19BrF2N2/c1-10-8-19-15(4-2-3-5-15)9-20(10)14-6-11(16)12(17)7-13(14)18/h6-7,10,19H,2-5,8-9H2,1H3. The maximum absolute atomic E-state index is 14.1. The van der Waals surface area contributed by atoms with E-state index >= 15 is 0 Å². The lowest BCUT2D eigenvalue weighted by Gasteiger charge is -2.46. The molecule has 0 aromatic heterocycles. The minimum absolute atomic E-state index is 0.111. The van der Waals surface area contributed by atoms with Crippen LogP contribution in [-0.2, 0) is 0 Å². The van der Waals surface area contributed by atoms with Crippen molar-refractivity contribution in [1.29, 1.82) is 0 Å². The van der Waals surface area contributed by atoms with Crippen molar-refractivity contribution in [1.82, 2.24) is 5.32 Å². The Morgan fingerprint density at radius 3 is 2.65 bits per heavy atom. The van der Waals surface area contributed by atoms with E-state index in [2.05, 4.69) is 33.1 Å². The maximum atomic E-state index is 14.1. The van der Waals surface area contributed by atoms with Gasteiger partial charge in [-0.3, -0.25) is 0 Å². The van der Waals surface area contributed by atoms with Gasteiger partial charge in [-0.15, -0.1) is 0 Å². The first kappa shape index (κ1) is 14.3. The molecular formula is C15H19BrF2N2. The van der Waals surface area contributed by atoms with Crippen LogP contribution in [0.2, 0.25) is 0 Å². The highest BCUT2D eigenvalue weighted by atomic mass is 79.9. The quantitative estimate of drug-likeness (QED) is 0.778. The summed E-state index contributed by atoms with van der Waals surface area (Å²) < 4.78 is 27.9. The van der Waals surface area contributed by atoms with Crippen LogP contribution in [0.15, 0.2) is 16.6 Å². The molecule has 0 bridgehead atoms. The second-order valence-corrected chi connectivity index (χ2v) is 6.92. The number of nitrogens with zero attached hydrogens (tertiary/aromatic N) is 1. The van der Waals surface area contributed by atoms with Gasteiger partial charge >= 0.3 is 0 Å². The Bertz CT molecular complexity index is 515. The van der Waals surface area contributed by atoms with Gasteiger partial charge in [-0.2, -0.15) is 0 Å². The summed E-state index contributed by atoms with van der Waals surface area (Å²) in [5.74, 6) is -1.03. The molecule has 1 atom stereocenters. The largest absolute Gasteiger partial charge is 0.363 e. The summed E-state index contributed by atoms with van der Waals surface area (Å²) in [6.45, 7) is 3.71. The summed E-state index contributed by atoms with van der Waals surface area (Å²) in [6, 6.07) is 2.73. The average molecular weight is 345 g/mol. The van der Waals surface area contributed by atoms with Gasteiger partial charge in [0.2, 0.25) is 0 Å². The zero-order chi connectivity index (χ0) is 14.3. The molecule has 1 aliphatic heterocycles. The van der Waals surface area contributed by atoms with Gasteiger partial charge in [0.05, 0.1) is 10.2 Å². The second kappa shape index (κ2) is 5.26. The van der Waals surface area contributed by atoms with Gasteiger partial charge in [-0.25, -0.2) is 8.78 Å². The van der Waals surface area contributed by atoms with Gasteiger partial charge < -0.3 is 10.2 Å². The number of nitrogens with one attached hydrogen (secondary N) is 1. The van der Waals surface area contributed by atoms with Crippen molar-refractivity contribution < 1.29 is 8.78 Å². The minimum atomic E-state index is -0.551. The van der Waals surface area contributed by atoms with Crippen LogP contribution < -0.4 is 10.2 Å². The second-order valence-electron chi connectivity index (χ2n) is 6.06. The van der Waals surface area contributed by atoms with Crippen LogP contribution >= 0.6 is 15.9 Å². The maximum Gasteiger partial charge on any atom is 0.149 e. The van der Waals surface area contributed by atoms with Crippen LogP contribution in [0.5, 0.6) is 0 Å². The van der Waals surface area contributed by atoms with Crippen LogP contribution in [0, 0.1) is 11.6 Å². The molecule has 1 spiro atoms. The Morgan fingerprint density at radius 1 is 1.25 bits per heavy atom. The molecule has 1 unspecified atom stereocenters. The highest BCUT2D eigenvalue weighted by molar-refractivity contribution is 9.10. The van der Waals surface area contributed by atoms with Crippen molar-refractivity contribution >= 4 is 21.6 Å². The number of halogens is 3. The molecule has 20 heavy (non-hydrogen) atoms. The first-order chi connectivity index (χ1) is 9.51. The monoisotopic (exact) mass is 344 g/mol. The predicted molar refractivity (Wildman–Crippen MR) is 80.1 cm³/mol.